The van der Waals surface area contributed by atoms with Crippen LogP contribution in [0.1, 0.15) is 17.3 Å². The van der Waals surface area contributed by atoms with E-state index in [0.717, 1.165) is 0 Å². The Morgan fingerprint density at radius 2 is 2.33 bits per heavy atom. The molecule has 0 aromatic heterocycles. The summed E-state index contributed by atoms with van der Waals surface area (Å²) in [6.45, 7) is 1.48. The highest BCUT2D eigenvalue weighted by molar-refractivity contribution is 6.33. The average Bonchev–Trinajstić information content (AvgIpc) is 2.17. The number of rotatable bonds is 2. The maximum Gasteiger partial charge on any atom is 0.340 e. The molecule has 2 N–H and O–H groups in total. The lowest BCUT2D eigenvalue weighted by molar-refractivity contribution is 0.0436. The Hall–Kier alpha value is -1.73. The zero-order valence-electron chi connectivity index (χ0n) is 8.03. The number of benzene rings is 1. The molecule has 0 saturated heterocycles. The second-order valence-corrected chi connectivity index (χ2v) is 3.32. The van der Waals surface area contributed by atoms with E-state index in [0.29, 0.717) is 5.69 Å². The molecule has 1 atom stereocenters. The van der Waals surface area contributed by atoms with Gasteiger partial charge in [-0.25, -0.2) is 4.79 Å². The van der Waals surface area contributed by atoms with Crippen LogP contribution in [0.25, 0.3) is 0 Å². The molecule has 78 valence electrons. The average molecular weight is 225 g/mol. The largest absolute Gasteiger partial charge is 0.444 e. The summed E-state index contributed by atoms with van der Waals surface area (Å²) >= 11 is 5.79. The summed E-state index contributed by atoms with van der Waals surface area (Å²) in [5, 5.41) is 8.68. The van der Waals surface area contributed by atoms with Crippen molar-refractivity contribution in [2.75, 3.05) is 5.73 Å². The molecule has 15 heavy (non-hydrogen) atoms. The Bertz CT molecular complexity index is 426. The molecule has 0 saturated carbocycles. The minimum atomic E-state index is -0.800. The van der Waals surface area contributed by atoms with Gasteiger partial charge in [0.05, 0.1) is 10.6 Å². The summed E-state index contributed by atoms with van der Waals surface area (Å²) in [5.41, 5.74) is 6.13. The van der Waals surface area contributed by atoms with Crippen molar-refractivity contribution in [3.8, 4) is 6.07 Å². The van der Waals surface area contributed by atoms with Gasteiger partial charge in [0.25, 0.3) is 0 Å². The maximum absolute atomic E-state index is 11.4. The van der Waals surface area contributed by atoms with E-state index in [1.807, 2.05) is 0 Å². The van der Waals surface area contributed by atoms with E-state index < -0.39 is 12.1 Å². The van der Waals surface area contributed by atoms with Crippen molar-refractivity contribution in [2.45, 2.75) is 13.0 Å². The molecule has 5 heteroatoms. The van der Waals surface area contributed by atoms with Crippen LogP contribution < -0.4 is 5.73 Å². The smallest absolute Gasteiger partial charge is 0.340 e. The predicted octanol–water partition coefficient (Wildman–Crippen LogP) is 1.99. The third-order valence-electron chi connectivity index (χ3n) is 1.68. The first kappa shape index (κ1) is 11.3. The van der Waals surface area contributed by atoms with E-state index in [4.69, 9.17) is 27.3 Å². The van der Waals surface area contributed by atoms with Crippen LogP contribution >= 0.6 is 11.6 Å². The van der Waals surface area contributed by atoms with Crippen molar-refractivity contribution < 1.29 is 9.53 Å². The molecule has 0 heterocycles. The second-order valence-electron chi connectivity index (χ2n) is 2.92. The third-order valence-corrected chi connectivity index (χ3v) is 1.99. The molecule has 0 aliphatic carbocycles. The van der Waals surface area contributed by atoms with E-state index in [1.54, 1.807) is 12.1 Å². The number of nitrogens with zero attached hydrogens (tertiary/aromatic N) is 1. The molecular weight excluding hydrogens is 216 g/mol. The first-order valence-electron chi connectivity index (χ1n) is 4.20. The van der Waals surface area contributed by atoms with Crippen LogP contribution in [0.15, 0.2) is 18.2 Å². The molecule has 0 aliphatic heterocycles. The first-order valence-corrected chi connectivity index (χ1v) is 4.58. The molecule has 1 aromatic rings. The third kappa shape index (κ3) is 2.86. The van der Waals surface area contributed by atoms with Crippen molar-refractivity contribution in [3.05, 3.63) is 28.8 Å². The molecule has 1 aromatic carbocycles. The number of hydrogen-bond donors (Lipinski definition) is 1. The number of carbonyl (C=O) groups excluding carboxylic acids is 1. The lowest BCUT2D eigenvalue weighted by Crippen LogP contribution is -2.13. The molecule has 4 nitrogen and oxygen atoms in total. The minimum Gasteiger partial charge on any atom is -0.444 e. The summed E-state index contributed by atoms with van der Waals surface area (Å²) in [6.07, 6.45) is -0.800. The predicted molar refractivity (Wildman–Crippen MR) is 56.4 cm³/mol. The Kier molecular flexibility index (Phi) is 3.53. The maximum atomic E-state index is 11.4. The van der Waals surface area contributed by atoms with Crippen molar-refractivity contribution in [1.29, 1.82) is 5.26 Å². The number of esters is 1. The second kappa shape index (κ2) is 4.67. The Morgan fingerprint density at radius 1 is 1.67 bits per heavy atom. The lowest BCUT2D eigenvalue weighted by Gasteiger charge is -2.07. The number of carbonyl (C=O) groups is 1. The fourth-order valence-electron chi connectivity index (χ4n) is 0.947. The van der Waals surface area contributed by atoms with Gasteiger partial charge in [0.15, 0.2) is 6.10 Å². The Balaban J connectivity index is 2.88. The molecule has 0 aliphatic rings. The summed E-state index contributed by atoms with van der Waals surface area (Å²) in [7, 11) is 0. The molecule has 0 radical (unpaired) electrons. The standard InChI is InChI=1S/C10H9ClN2O2/c1-6(5-12)15-10(14)8-3-2-7(13)4-9(8)11/h2-4,6H,13H2,1H3. The van der Waals surface area contributed by atoms with Crippen LogP contribution in [-0.4, -0.2) is 12.1 Å². The van der Waals surface area contributed by atoms with Gasteiger partial charge >= 0.3 is 5.97 Å². The Morgan fingerprint density at radius 3 is 2.87 bits per heavy atom. The molecular formula is C10H9ClN2O2. The normalized spacial score (nSPS) is 11.5. The zero-order valence-corrected chi connectivity index (χ0v) is 8.78. The topological polar surface area (TPSA) is 76.1 Å². The van der Waals surface area contributed by atoms with Gasteiger partial charge in [0, 0.05) is 5.69 Å². The number of halogens is 1. The van der Waals surface area contributed by atoms with Crippen molar-refractivity contribution in [1.82, 2.24) is 0 Å². The van der Waals surface area contributed by atoms with E-state index >= 15 is 0 Å². The number of nitriles is 1. The molecule has 1 rings (SSSR count). The van der Waals surface area contributed by atoms with Gasteiger partial charge in [0.1, 0.15) is 6.07 Å². The quantitative estimate of drug-likeness (QED) is 0.616. The molecule has 1 unspecified atom stereocenters. The van der Waals surface area contributed by atoms with Crippen LogP contribution in [-0.2, 0) is 4.74 Å². The van der Waals surface area contributed by atoms with Crippen molar-refractivity contribution in [2.24, 2.45) is 0 Å². The van der Waals surface area contributed by atoms with Crippen LogP contribution in [0.2, 0.25) is 5.02 Å². The van der Waals surface area contributed by atoms with Crippen LogP contribution in [0.4, 0.5) is 5.69 Å². The summed E-state index contributed by atoms with van der Waals surface area (Å²) in [6, 6.07) is 6.24. The number of anilines is 1. The van der Waals surface area contributed by atoms with Gasteiger partial charge in [-0.15, -0.1) is 0 Å². The Labute approximate surface area is 92.2 Å². The fraction of sp³-hybridized carbons (Fsp3) is 0.200. The number of ether oxygens (including phenoxy) is 1. The number of hydrogen-bond acceptors (Lipinski definition) is 4. The molecule has 0 amide bonds. The van der Waals surface area contributed by atoms with Gasteiger partial charge < -0.3 is 10.5 Å². The molecule has 0 spiro atoms. The van der Waals surface area contributed by atoms with Gasteiger partial charge in [-0.3, -0.25) is 0 Å². The lowest BCUT2D eigenvalue weighted by atomic mass is 10.2. The highest BCUT2D eigenvalue weighted by atomic mass is 35.5. The summed E-state index contributed by atoms with van der Waals surface area (Å²) < 4.78 is 4.78. The van der Waals surface area contributed by atoms with E-state index in [1.165, 1.54) is 19.1 Å². The van der Waals surface area contributed by atoms with E-state index in [-0.39, 0.29) is 10.6 Å². The summed E-state index contributed by atoms with van der Waals surface area (Å²) in [5.74, 6) is -0.631. The highest BCUT2D eigenvalue weighted by Gasteiger charge is 2.14. The highest BCUT2D eigenvalue weighted by Crippen LogP contribution is 2.20. The minimum absolute atomic E-state index is 0.202. The molecule has 0 bridgehead atoms. The zero-order chi connectivity index (χ0) is 11.4. The van der Waals surface area contributed by atoms with Crippen LogP contribution in [0.5, 0.6) is 0 Å². The van der Waals surface area contributed by atoms with Gasteiger partial charge in [-0.2, -0.15) is 5.26 Å². The van der Waals surface area contributed by atoms with Crippen molar-refractivity contribution >= 4 is 23.3 Å². The van der Waals surface area contributed by atoms with Gasteiger partial charge in [-0.1, -0.05) is 11.6 Å². The monoisotopic (exact) mass is 224 g/mol. The first-order chi connectivity index (χ1) is 7.04. The van der Waals surface area contributed by atoms with Crippen LogP contribution in [0.3, 0.4) is 0 Å². The van der Waals surface area contributed by atoms with E-state index in [9.17, 15) is 4.79 Å². The molecule has 0 fully saturated rings. The SMILES string of the molecule is CC(C#N)OC(=O)c1ccc(N)cc1Cl. The fourth-order valence-corrected chi connectivity index (χ4v) is 1.21. The van der Waals surface area contributed by atoms with Gasteiger partial charge in [0.2, 0.25) is 0 Å². The number of nitrogen functional groups attached to an aromatic ring is 1. The van der Waals surface area contributed by atoms with Crippen LogP contribution in [0, 0.1) is 11.3 Å². The van der Waals surface area contributed by atoms with E-state index in [2.05, 4.69) is 0 Å². The van der Waals surface area contributed by atoms with Crippen molar-refractivity contribution in [3.63, 3.8) is 0 Å². The van der Waals surface area contributed by atoms with Gasteiger partial charge in [-0.05, 0) is 25.1 Å². The number of nitrogens with two attached hydrogens (primary N) is 1. The summed E-state index contributed by atoms with van der Waals surface area (Å²) in [4.78, 5) is 11.4.